The van der Waals surface area contributed by atoms with Crippen molar-refractivity contribution in [3.8, 4) is 11.5 Å². The molecule has 2 aliphatic heterocycles. The molecule has 1 atom stereocenters. The van der Waals surface area contributed by atoms with E-state index in [9.17, 15) is 0 Å². The summed E-state index contributed by atoms with van der Waals surface area (Å²) in [6.45, 7) is 2.31. The fourth-order valence-electron chi connectivity index (χ4n) is 4.84. The van der Waals surface area contributed by atoms with Gasteiger partial charge in [0.15, 0.2) is 11.5 Å². The van der Waals surface area contributed by atoms with Crippen molar-refractivity contribution in [3.63, 3.8) is 0 Å². The van der Waals surface area contributed by atoms with Gasteiger partial charge < -0.3 is 9.47 Å². The maximum absolute atomic E-state index is 5.60. The van der Waals surface area contributed by atoms with E-state index in [1.807, 2.05) is 0 Å². The Morgan fingerprint density at radius 3 is 2.36 bits per heavy atom. The third kappa shape index (κ3) is 2.15. The van der Waals surface area contributed by atoms with Gasteiger partial charge in [-0.15, -0.1) is 0 Å². The number of methoxy groups -OCH3 is 2. The van der Waals surface area contributed by atoms with Gasteiger partial charge in [-0.25, -0.2) is 0 Å². The normalized spacial score (nSPS) is 19.8. The minimum Gasteiger partial charge on any atom is -0.493 e. The molecule has 3 aromatic carbocycles. The van der Waals surface area contributed by atoms with Crippen molar-refractivity contribution in [2.24, 2.45) is 0 Å². The van der Waals surface area contributed by atoms with Crippen LogP contribution in [-0.2, 0) is 13.0 Å². The highest BCUT2D eigenvalue weighted by Gasteiger charge is 2.32. The topological polar surface area (TPSA) is 21.7 Å². The number of nitrogens with zero attached hydrogens (tertiary/aromatic N) is 1. The molecule has 25 heavy (non-hydrogen) atoms. The number of benzene rings is 3. The third-order valence-electron chi connectivity index (χ3n) is 6.06. The lowest BCUT2D eigenvalue weighted by Crippen LogP contribution is -2.35. The standard InChI is InChI=1S/C22H23NO2/c1-24-21-11-18-15-7-3-4-8-16(15)20-13-23-9-5-6-14(23)10-17(20)19(18)12-22(21)25-2/h3-4,7-8,11-12,14H,5-6,9-10,13H2,1-2H3/t14-/m1/s1. The molecular weight excluding hydrogens is 310 g/mol. The summed E-state index contributed by atoms with van der Waals surface area (Å²) in [5.74, 6) is 1.62. The summed E-state index contributed by atoms with van der Waals surface area (Å²) in [5.41, 5.74) is 3.02. The van der Waals surface area contributed by atoms with Gasteiger partial charge >= 0.3 is 0 Å². The Kier molecular flexibility index (Phi) is 3.39. The Morgan fingerprint density at radius 2 is 1.60 bits per heavy atom. The van der Waals surface area contributed by atoms with Crippen LogP contribution in [0.4, 0.5) is 0 Å². The van der Waals surface area contributed by atoms with E-state index in [4.69, 9.17) is 9.47 Å². The predicted octanol–water partition coefficient (Wildman–Crippen LogP) is 4.53. The lowest BCUT2D eigenvalue weighted by atomic mass is 9.85. The van der Waals surface area contributed by atoms with Crippen molar-refractivity contribution < 1.29 is 9.47 Å². The highest BCUT2D eigenvalue weighted by atomic mass is 16.5. The van der Waals surface area contributed by atoms with Crippen LogP contribution >= 0.6 is 0 Å². The Bertz CT molecular complexity index is 979. The lowest BCUT2D eigenvalue weighted by Gasteiger charge is -2.33. The summed E-state index contributed by atoms with van der Waals surface area (Å²) in [6, 6.07) is 13.8. The summed E-state index contributed by atoms with van der Waals surface area (Å²) < 4.78 is 11.2. The van der Waals surface area contributed by atoms with Crippen LogP contribution in [0.5, 0.6) is 11.5 Å². The molecule has 0 saturated carbocycles. The van der Waals surface area contributed by atoms with E-state index in [1.165, 1.54) is 52.1 Å². The van der Waals surface area contributed by atoms with Crippen molar-refractivity contribution in [2.75, 3.05) is 20.8 Å². The SMILES string of the molecule is COc1cc2c3c(c4ccccc4c2cc1OC)CN1CCC[C@@H]1C3. The summed E-state index contributed by atoms with van der Waals surface area (Å²) in [7, 11) is 3.43. The zero-order chi connectivity index (χ0) is 17.0. The van der Waals surface area contributed by atoms with Crippen LogP contribution in [0.15, 0.2) is 36.4 Å². The van der Waals surface area contributed by atoms with Crippen LogP contribution in [0, 0.1) is 0 Å². The first-order valence-corrected chi connectivity index (χ1v) is 9.12. The maximum Gasteiger partial charge on any atom is 0.161 e. The minimum absolute atomic E-state index is 0.699. The first-order valence-electron chi connectivity index (χ1n) is 9.12. The molecule has 0 bridgehead atoms. The molecule has 0 aromatic heterocycles. The molecule has 3 aromatic rings. The van der Waals surface area contributed by atoms with Crippen LogP contribution in [0.1, 0.15) is 24.0 Å². The van der Waals surface area contributed by atoms with Gasteiger partial charge in [0.25, 0.3) is 0 Å². The molecule has 0 amide bonds. The van der Waals surface area contributed by atoms with Crippen LogP contribution in [0.25, 0.3) is 21.5 Å². The van der Waals surface area contributed by atoms with Crippen molar-refractivity contribution in [3.05, 3.63) is 47.5 Å². The fraction of sp³-hybridized carbons (Fsp3) is 0.364. The van der Waals surface area contributed by atoms with Gasteiger partial charge in [0.05, 0.1) is 14.2 Å². The van der Waals surface area contributed by atoms with Gasteiger partial charge in [0.1, 0.15) is 0 Å². The van der Waals surface area contributed by atoms with E-state index in [0.717, 1.165) is 24.5 Å². The summed E-state index contributed by atoms with van der Waals surface area (Å²) in [6.07, 6.45) is 3.79. The van der Waals surface area contributed by atoms with Gasteiger partial charge in [-0.05, 0) is 70.6 Å². The van der Waals surface area contributed by atoms with Gasteiger partial charge in [-0.2, -0.15) is 0 Å². The van der Waals surface area contributed by atoms with E-state index in [0.29, 0.717) is 6.04 Å². The largest absolute Gasteiger partial charge is 0.493 e. The van der Waals surface area contributed by atoms with Crippen LogP contribution < -0.4 is 9.47 Å². The van der Waals surface area contributed by atoms with Gasteiger partial charge in [0, 0.05) is 12.6 Å². The van der Waals surface area contributed by atoms with Crippen LogP contribution in [0.3, 0.4) is 0 Å². The van der Waals surface area contributed by atoms with Gasteiger partial charge in [-0.3, -0.25) is 4.90 Å². The molecule has 2 aliphatic rings. The molecule has 1 saturated heterocycles. The average molecular weight is 333 g/mol. The molecule has 3 heteroatoms. The van der Waals surface area contributed by atoms with E-state index in [-0.39, 0.29) is 0 Å². The first-order chi connectivity index (χ1) is 12.3. The van der Waals surface area contributed by atoms with E-state index >= 15 is 0 Å². The number of fused-ring (bicyclic) bond motifs is 7. The third-order valence-corrected chi connectivity index (χ3v) is 6.06. The van der Waals surface area contributed by atoms with Crippen molar-refractivity contribution in [1.82, 2.24) is 4.90 Å². The number of hydrogen-bond donors (Lipinski definition) is 0. The predicted molar refractivity (Wildman–Crippen MR) is 102 cm³/mol. The molecule has 1 fully saturated rings. The summed E-state index contributed by atoms with van der Waals surface area (Å²) >= 11 is 0. The van der Waals surface area contributed by atoms with Gasteiger partial charge in [0.2, 0.25) is 0 Å². The smallest absolute Gasteiger partial charge is 0.161 e. The molecule has 5 rings (SSSR count). The van der Waals surface area contributed by atoms with Crippen molar-refractivity contribution in [1.29, 1.82) is 0 Å². The zero-order valence-corrected chi connectivity index (χ0v) is 14.8. The maximum atomic E-state index is 5.60. The van der Waals surface area contributed by atoms with Crippen LogP contribution in [0.2, 0.25) is 0 Å². The monoisotopic (exact) mass is 333 g/mol. The second-order valence-corrected chi connectivity index (χ2v) is 7.23. The fourth-order valence-corrected chi connectivity index (χ4v) is 4.84. The Labute approximate surface area is 148 Å². The van der Waals surface area contributed by atoms with E-state index in [2.05, 4.69) is 41.3 Å². The summed E-state index contributed by atoms with van der Waals surface area (Å²) in [4.78, 5) is 2.67. The molecule has 0 spiro atoms. The summed E-state index contributed by atoms with van der Waals surface area (Å²) in [5, 5.41) is 5.31. The second-order valence-electron chi connectivity index (χ2n) is 7.23. The quantitative estimate of drug-likeness (QED) is 0.643. The number of ether oxygens (including phenoxy) is 2. The van der Waals surface area contributed by atoms with Crippen LogP contribution in [-0.4, -0.2) is 31.7 Å². The molecular formula is C22H23NO2. The number of rotatable bonds is 2. The number of hydrogen-bond acceptors (Lipinski definition) is 3. The lowest BCUT2D eigenvalue weighted by molar-refractivity contribution is 0.229. The molecule has 128 valence electrons. The Hall–Kier alpha value is -2.26. The van der Waals surface area contributed by atoms with E-state index in [1.54, 1.807) is 14.2 Å². The van der Waals surface area contributed by atoms with Crippen molar-refractivity contribution >= 4 is 21.5 Å². The minimum atomic E-state index is 0.699. The molecule has 2 heterocycles. The highest BCUT2D eigenvalue weighted by molar-refractivity contribution is 6.11. The Morgan fingerprint density at radius 1 is 0.880 bits per heavy atom. The van der Waals surface area contributed by atoms with E-state index < -0.39 is 0 Å². The highest BCUT2D eigenvalue weighted by Crippen LogP contribution is 2.43. The molecule has 0 radical (unpaired) electrons. The first kappa shape index (κ1) is 15.0. The van der Waals surface area contributed by atoms with Crippen molar-refractivity contribution in [2.45, 2.75) is 31.8 Å². The molecule has 0 N–H and O–H groups in total. The average Bonchev–Trinajstić information content (AvgIpc) is 3.13. The van der Waals surface area contributed by atoms with Gasteiger partial charge in [-0.1, -0.05) is 24.3 Å². The molecule has 0 aliphatic carbocycles. The molecule has 3 nitrogen and oxygen atoms in total. The molecule has 0 unspecified atom stereocenters. The second kappa shape index (κ2) is 5.63. The Balaban J connectivity index is 1.88. The zero-order valence-electron chi connectivity index (χ0n) is 14.8.